The van der Waals surface area contributed by atoms with E-state index in [0.717, 1.165) is 35.3 Å². The van der Waals surface area contributed by atoms with Crippen LogP contribution in [0.15, 0.2) is 73.3 Å². The van der Waals surface area contributed by atoms with E-state index in [2.05, 4.69) is 20.6 Å². The van der Waals surface area contributed by atoms with Crippen LogP contribution in [0.4, 0.5) is 0 Å². The summed E-state index contributed by atoms with van der Waals surface area (Å²) in [6.07, 6.45) is 8.69. The Bertz CT molecular complexity index is 870. The quantitative estimate of drug-likeness (QED) is 0.557. The highest BCUT2D eigenvalue weighted by Gasteiger charge is 2.19. The number of amides is 1. The van der Waals surface area contributed by atoms with Crippen molar-refractivity contribution < 1.29 is 9.53 Å². The molecule has 6 heteroatoms. The van der Waals surface area contributed by atoms with Crippen LogP contribution in [0, 0.1) is 0 Å². The smallest absolute Gasteiger partial charge is 0.241 e. The Kier molecular flexibility index (Phi) is 7.72. The standard InChI is InChI=1S/C23H26N4O2/c1-29-21-6-4-20(5-7-21)22(26-15-11-19-3-2-12-25-17-19)23(28)27-16-10-18-8-13-24-14-9-18/h2-9,12-14,17,22,26H,10-11,15-16H2,1H3,(H,27,28). The fraction of sp³-hybridized carbons (Fsp3) is 0.261. The minimum atomic E-state index is -0.435. The van der Waals surface area contributed by atoms with E-state index in [1.807, 2.05) is 54.7 Å². The molecule has 0 aliphatic carbocycles. The van der Waals surface area contributed by atoms with Crippen LogP contribution in [-0.2, 0) is 17.6 Å². The Balaban J connectivity index is 1.61. The molecule has 0 fully saturated rings. The van der Waals surface area contributed by atoms with Gasteiger partial charge in [0, 0.05) is 37.9 Å². The molecule has 0 bridgehead atoms. The van der Waals surface area contributed by atoms with Crippen molar-refractivity contribution in [2.45, 2.75) is 18.9 Å². The SMILES string of the molecule is COc1ccc(C(NCCc2cccnc2)C(=O)NCCc2ccncc2)cc1. The van der Waals surface area contributed by atoms with Crippen LogP contribution in [0.1, 0.15) is 22.7 Å². The first-order valence-electron chi connectivity index (χ1n) is 9.69. The maximum Gasteiger partial charge on any atom is 0.241 e. The lowest BCUT2D eigenvalue weighted by molar-refractivity contribution is -0.123. The summed E-state index contributed by atoms with van der Waals surface area (Å²) in [5.41, 5.74) is 3.18. The maximum absolute atomic E-state index is 12.9. The molecule has 2 aromatic heterocycles. The fourth-order valence-corrected chi connectivity index (χ4v) is 3.05. The molecule has 1 unspecified atom stereocenters. The molecule has 3 aromatic rings. The van der Waals surface area contributed by atoms with Crippen LogP contribution in [0.25, 0.3) is 0 Å². The largest absolute Gasteiger partial charge is 0.497 e. The first-order chi connectivity index (χ1) is 14.3. The normalized spacial score (nSPS) is 11.6. The monoisotopic (exact) mass is 390 g/mol. The molecule has 2 N–H and O–H groups in total. The highest BCUT2D eigenvalue weighted by Crippen LogP contribution is 2.18. The fourth-order valence-electron chi connectivity index (χ4n) is 3.05. The number of rotatable bonds is 10. The Morgan fingerprint density at radius 3 is 2.38 bits per heavy atom. The Labute approximate surface area is 171 Å². The lowest BCUT2D eigenvalue weighted by Gasteiger charge is -2.19. The van der Waals surface area contributed by atoms with Crippen LogP contribution in [-0.4, -0.2) is 36.1 Å². The molecular weight excluding hydrogens is 364 g/mol. The van der Waals surface area contributed by atoms with Gasteiger partial charge in [-0.2, -0.15) is 0 Å². The lowest BCUT2D eigenvalue weighted by atomic mass is 10.0. The second-order valence-corrected chi connectivity index (χ2v) is 6.67. The summed E-state index contributed by atoms with van der Waals surface area (Å²) in [6, 6.07) is 15.0. The Hall–Kier alpha value is -3.25. The van der Waals surface area contributed by atoms with Gasteiger partial charge in [0.25, 0.3) is 0 Å². The third kappa shape index (κ3) is 6.40. The molecule has 29 heavy (non-hydrogen) atoms. The van der Waals surface area contributed by atoms with E-state index in [1.54, 1.807) is 25.7 Å². The Morgan fingerprint density at radius 2 is 1.69 bits per heavy atom. The molecule has 1 amide bonds. The highest BCUT2D eigenvalue weighted by molar-refractivity contribution is 5.83. The van der Waals surface area contributed by atoms with Crippen molar-refractivity contribution in [2.75, 3.05) is 20.2 Å². The molecule has 6 nitrogen and oxygen atoms in total. The van der Waals surface area contributed by atoms with E-state index in [0.29, 0.717) is 13.1 Å². The summed E-state index contributed by atoms with van der Waals surface area (Å²) < 4.78 is 5.23. The van der Waals surface area contributed by atoms with E-state index in [9.17, 15) is 4.79 Å². The second-order valence-electron chi connectivity index (χ2n) is 6.67. The summed E-state index contributed by atoms with van der Waals surface area (Å²) in [7, 11) is 1.63. The van der Waals surface area contributed by atoms with Gasteiger partial charge in [-0.05, 0) is 59.9 Å². The number of benzene rings is 1. The number of hydrogen-bond acceptors (Lipinski definition) is 5. The van der Waals surface area contributed by atoms with E-state index in [-0.39, 0.29) is 5.91 Å². The van der Waals surface area contributed by atoms with Crippen LogP contribution < -0.4 is 15.4 Å². The predicted molar refractivity (Wildman–Crippen MR) is 113 cm³/mol. The maximum atomic E-state index is 12.9. The van der Waals surface area contributed by atoms with Crippen LogP contribution in [0.2, 0.25) is 0 Å². The van der Waals surface area contributed by atoms with Gasteiger partial charge in [-0.3, -0.25) is 14.8 Å². The van der Waals surface area contributed by atoms with E-state index >= 15 is 0 Å². The number of carbonyl (C=O) groups is 1. The molecule has 0 aliphatic heterocycles. The third-order valence-electron chi connectivity index (χ3n) is 4.66. The van der Waals surface area contributed by atoms with Gasteiger partial charge in [0.15, 0.2) is 0 Å². The molecular formula is C23H26N4O2. The molecule has 0 radical (unpaired) electrons. The highest BCUT2D eigenvalue weighted by atomic mass is 16.5. The molecule has 150 valence electrons. The van der Waals surface area contributed by atoms with Crippen molar-refractivity contribution in [1.29, 1.82) is 0 Å². The minimum Gasteiger partial charge on any atom is -0.497 e. The number of methoxy groups -OCH3 is 1. The number of carbonyl (C=O) groups excluding carboxylic acids is 1. The van der Waals surface area contributed by atoms with Gasteiger partial charge in [-0.15, -0.1) is 0 Å². The van der Waals surface area contributed by atoms with E-state index < -0.39 is 6.04 Å². The van der Waals surface area contributed by atoms with E-state index in [4.69, 9.17) is 4.74 Å². The second kappa shape index (κ2) is 10.9. The van der Waals surface area contributed by atoms with Gasteiger partial charge < -0.3 is 15.4 Å². The topological polar surface area (TPSA) is 76.1 Å². The van der Waals surface area contributed by atoms with Crippen molar-refractivity contribution in [1.82, 2.24) is 20.6 Å². The van der Waals surface area contributed by atoms with Gasteiger partial charge in [-0.1, -0.05) is 18.2 Å². The molecule has 3 rings (SSSR count). The molecule has 1 atom stereocenters. The van der Waals surface area contributed by atoms with Crippen molar-refractivity contribution in [3.63, 3.8) is 0 Å². The minimum absolute atomic E-state index is 0.0459. The Morgan fingerprint density at radius 1 is 0.931 bits per heavy atom. The van der Waals surface area contributed by atoms with E-state index in [1.165, 1.54) is 0 Å². The zero-order chi connectivity index (χ0) is 20.3. The molecule has 0 aliphatic rings. The van der Waals surface area contributed by atoms with Gasteiger partial charge in [-0.25, -0.2) is 0 Å². The molecule has 0 saturated heterocycles. The van der Waals surface area contributed by atoms with Crippen molar-refractivity contribution in [3.8, 4) is 5.75 Å². The summed E-state index contributed by atoms with van der Waals surface area (Å²) in [5.74, 6) is 0.719. The summed E-state index contributed by atoms with van der Waals surface area (Å²) in [6.45, 7) is 1.24. The molecule has 0 spiro atoms. The predicted octanol–water partition coefficient (Wildman–Crippen LogP) is 2.72. The number of nitrogens with one attached hydrogen (secondary N) is 2. The first-order valence-corrected chi connectivity index (χ1v) is 9.69. The average molecular weight is 390 g/mol. The van der Waals surface area contributed by atoms with Crippen molar-refractivity contribution in [3.05, 3.63) is 90.0 Å². The van der Waals surface area contributed by atoms with Crippen LogP contribution in [0.5, 0.6) is 5.75 Å². The first kappa shape index (κ1) is 20.5. The number of hydrogen-bond donors (Lipinski definition) is 2. The number of pyridine rings is 2. The number of nitrogens with zero attached hydrogens (tertiary/aromatic N) is 2. The van der Waals surface area contributed by atoms with Crippen molar-refractivity contribution >= 4 is 5.91 Å². The van der Waals surface area contributed by atoms with Gasteiger partial charge in [0.2, 0.25) is 5.91 Å². The molecule has 2 heterocycles. The summed E-state index contributed by atoms with van der Waals surface area (Å²) in [5, 5.41) is 6.42. The zero-order valence-corrected chi connectivity index (χ0v) is 16.5. The zero-order valence-electron chi connectivity index (χ0n) is 16.5. The third-order valence-corrected chi connectivity index (χ3v) is 4.66. The van der Waals surface area contributed by atoms with Crippen molar-refractivity contribution in [2.24, 2.45) is 0 Å². The summed E-state index contributed by atoms with van der Waals surface area (Å²) >= 11 is 0. The lowest BCUT2D eigenvalue weighted by Crippen LogP contribution is -2.39. The molecule has 1 aromatic carbocycles. The number of ether oxygens (including phenoxy) is 1. The summed E-state index contributed by atoms with van der Waals surface area (Å²) in [4.78, 5) is 21.1. The van der Waals surface area contributed by atoms with Gasteiger partial charge >= 0.3 is 0 Å². The van der Waals surface area contributed by atoms with Crippen LogP contribution in [0.3, 0.4) is 0 Å². The average Bonchev–Trinajstić information content (AvgIpc) is 2.78. The molecule has 0 saturated carbocycles. The van der Waals surface area contributed by atoms with Gasteiger partial charge in [0.1, 0.15) is 11.8 Å². The van der Waals surface area contributed by atoms with Crippen LogP contribution >= 0.6 is 0 Å². The van der Waals surface area contributed by atoms with Gasteiger partial charge in [0.05, 0.1) is 7.11 Å². The number of aromatic nitrogens is 2.